The van der Waals surface area contributed by atoms with Crippen LogP contribution in [0.3, 0.4) is 0 Å². The molecule has 17 heavy (non-hydrogen) atoms. The first-order valence-electron chi connectivity index (χ1n) is 5.33. The van der Waals surface area contributed by atoms with E-state index in [2.05, 4.69) is 0 Å². The molecule has 0 unspecified atom stereocenters. The van der Waals surface area contributed by atoms with Gasteiger partial charge < -0.3 is 0 Å². The summed E-state index contributed by atoms with van der Waals surface area (Å²) in [5.41, 5.74) is 0. The normalized spacial score (nSPS) is 13.3. The lowest BCUT2D eigenvalue weighted by Gasteiger charge is -2.20. The van der Waals surface area contributed by atoms with Gasteiger partial charge in [-0.3, -0.25) is 0 Å². The fourth-order valence-electron chi connectivity index (χ4n) is 1.32. The molecule has 0 radical (unpaired) electrons. The highest BCUT2D eigenvalue weighted by atomic mass is 35.5. The summed E-state index contributed by atoms with van der Waals surface area (Å²) in [6.45, 7) is 2.23. The van der Waals surface area contributed by atoms with E-state index in [-0.39, 0.29) is 12.4 Å². The van der Waals surface area contributed by atoms with E-state index in [1.54, 1.807) is 6.92 Å². The summed E-state index contributed by atoms with van der Waals surface area (Å²) >= 11 is 5.46. The van der Waals surface area contributed by atoms with Crippen LogP contribution < -0.4 is 0 Å². The van der Waals surface area contributed by atoms with Crippen molar-refractivity contribution in [2.45, 2.75) is 32.4 Å². The van der Waals surface area contributed by atoms with Gasteiger partial charge in [0.15, 0.2) is 0 Å². The topological polar surface area (TPSA) is 37.4 Å². The van der Waals surface area contributed by atoms with E-state index in [4.69, 9.17) is 11.6 Å². The molecule has 0 aliphatic rings. The van der Waals surface area contributed by atoms with E-state index < -0.39 is 34.8 Å². The molecule has 0 aliphatic carbocycles. The van der Waals surface area contributed by atoms with E-state index >= 15 is 0 Å². The summed E-state index contributed by atoms with van der Waals surface area (Å²) in [6.07, 6.45) is -5.19. The molecule has 0 bridgehead atoms. The second-order valence-electron chi connectivity index (χ2n) is 3.62. The number of hydrogen-bond acceptors (Lipinski definition) is 2. The molecule has 0 aromatic rings. The van der Waals surface area contributed by atoms with Crippen molar-refractivity contribution in [2.75, 3.05) is 24.7 Å². The van der Waals surface area contributed by atoms with Crippen molar-refractivity contribution in [2.24, 2.45) is 0 Å². The zero-order chi connectivity index (χ0) is 13.5. The summed E-state index contributed by atoms with van der Waals surface area (Å²) < 4.78 is 60.2. The second-order valence-corrected chi connectivity index (χ2v) is 6.09. The van der Waals surface area contributed by atoms with Gasteiger partial charge in [0.2, 0.25) is 10.0 Å². The van der Waals surface area contributed by atoms with Crippen LogP contribution in [0.1, 0.15) is 26.2 Å². The Morgan fingerprint density at radius 2 is 1.82 bits per heavy atom. The van der Waals surface area contributed by atoms with Crippen LogP contribution in [0.25, 0.3) is 0 Å². The Morgan fingerprint density at radius 3 is 2.24 bits per heavy atom. The third-order valence-electron chi connectivity index (χ3n) is 2.06. The Kier molecular flexibility index (Phi) is 7.43. The maximum atomic E-state index is 11.9. The predicted molar refractivity (Wildman–Crippen MR) is 61.7 cm³/mol. The average molecular weight is 296 g/mol. The van der Waals surface area contributed by atoms with E-state index in [0.717, 1.165) is 4.31 Å². The molecular formula is C9H17ClF3NO2S. The van der Waals surface area contributed by atoms with Gasteiger partial charge in [-0.15, -0.1) is 11.6 Å². The van der Waals surface area contributed by atoms with E-state index in [1.807, 2.05) is 0 Å². The van der Waals surface area contributed by atoms with Gasteiger partial charge in [-0.2, -0.15) is 13.2 Å². The standard InChI is InChI=1S/C9H17ClF3NO2S/c1-2-6-14(7-5-10)17(15,16)8-3-4-9(11,12)13/h2-8H2,1H3. The molecule has 8 heteroatoms. The highest BCUT2D eigenvalue weighted by Crippen LogP contribution is 2.22. The molecule has 0 spiro atoms. The summed E-state index contributed by atoms with van der Waals surface area (Å²) in [5, 5.41) is 0. The Labute approximate surface area is 105 Å². The van der Waals surface area contributed by atoms with Crippen molar-refractivity contribution in [3.8, 4) is 0 Å². The minimum Gasteiger partial charge on any atom is -0.212 e. The molecule has 0 fully saturated rings. The summed E-state index contributed by atoms with van der Waals surface area (Å²) in [5.74, 6) is -0.345. The molecule has 0 amide bonds. The van der Waals surface area contributed by atoms with Crippen LogP contribution in [-0.4, -0.2) is 43.6 Å². The minimum absolute atomic E-state index is 0.137. The molecule has 0 saturated carbocycles. The maximum Gasteiger partial charge on any atom is 0.389 e. The lowest BCUT2D eigenvalue weighted by Crippen LogP contribution is -2.35. The Hall–Kier alpha value is -0.0100. The first-order valence-corrected chi connectivity index (χ1v) is 7.48. The molecular weight excluding hydrogens is 279 g/mol. The van der Waals surface area contributed by atoms with Crippen LogP contribution in [-0.2, 0) is 10.0 Å². The molecule has 0 aliphatic heterocycles. The largest absolute Gasteiger partial charge is 0.389 e. The lowest BCUT2D eigenvalue weighted by atomic mass is 10.3. The predicted octanol–water partition coefficient (Wildman–Crippen LogP) is 2.61. The van der Waals surface area contributed by atoms with Crippen LogP contribution in [0.2, 0.25) is 0 Å². The van der Waals surface area contributed by atoms with E-state index in [1.165, 1.54) is 0 Å². The van der Waals surface area contributed by atoms with Crippen molar-refractivity contribution in [3.05, 3.63) is 0 Å². The van der Waals surface area contributed by atoms with Crippen LogP contribution in [0.5, 0.6) is 0 Å². The van der Waals surface area contributed by atoms with Crippen molar-refractivity contribution in [1.29, 1.82) is 0 Å². The van der Waals surface area contributed by atoms with Crippen molar-refractivity contribution in [3.63, 3.8) is 0 Å². The summed E-state index contributed by atoms with van der Waals surface area (Å²) in [4.78, 5) is 0. The van der Waals surface area contributed by atoms with Crippen LogP contribution in [0.15, 0.2) is 0 Å². The van der Waals surface area contributed by atoms with Gasteiger partial charge in [-0.25, -0.2) is 12.7 Å². The maximum absolute atomic E-state index is 11.9. The third kappa shape index (κ3) is 7.83. The molecule has 0 atom stereocenters. The van der Waals surface area contributed by atoms with Gasteiger partial charge >= 0.3 is 6.18 Å². The zero-order valence-electron chi connectivity index (χ0n) is 9.63. The fraction of sp³-hybridized carbons (Fsp3) is 1.00. The smallest absolute Gasteiger partial charge is 0.212 e. The molecule has 0 N–H and O–H groups in total. The van der Waals surface area contributed by atoms with Gasteiger partial charge in [0.25, 0.3) is 0 Å². The van der Waals surface area contributed by atoms with Gasteiger partial charge in [0, 0.05) is 25.4 Å². The lowest BCUT2D eigenvalue weighted by molar-refractivity contribution is -0.134. The van der Waals surface area contributed by atoms with Gasteiger partial charge in [-0.1, -0.05) is 6.92 Å². The highest BCUT2D eigenvalue weighted by molar-refractivity contribution is 7.89. The van der Waals surface area contributed by atoms with Crippen LogP contribution >= 0.6 is 11.6 Å². The first-order chi connectivity index (χ1) is 7.73. The number of halogens is 4. The highest BCUT2D eigenvalue weighted by Gasteiger charge is 2.28. The molecule has 104 valence electrons. The second kappa shape index (κ2) is 7.43. The Bertz CT molecular complexity index is 300. The van der Waals surface area contributed by atoms with Crippen LogP contribution in [0.4, 0.5) is 13.2 Å². The number of nitrogens with zero attached hydrogens (tertiary/aromatic N) is 1. The van der Waals surface area contributed by atoms with Crippen LogP contribution in [0, 0.1) is 0 Å². The van der Waals surface area contributed by atoms with E-state index in [9.17, 15) is 21.6 Å². The van der Waals surface area contributed by atoms with Gasteiger partial charge in [0.05, 0.1) is 5.75 Å². The van der Waals surface area contributed by atoms with Gasteiger partial charge in [0.1, 0.15) is 0 Å². The van der Waals surface area contributed by atoms with Crippen molar-refractivity contribution in [1.82, 2.24) is 4.31 Å². The first kappa shape index (κ1) is 17.0. The molecule has 0 rings (SSSR count). The fourth-order valence-corrected chi connectivity index (χ4v) is 3.22. The number of sulfonamides is 1. The third-order valence-corrected chi connectivity index (χ3v) is 4.19. The SMILES string of the molecule is CCCN(CCCl)S(=O)(=O)CCCC(F)(F)F. The quantitative estimate of drug-likeness (QED) is 0.646. The monoisotopic (exact) mass is 295 g/mol. The Morgan fingerprint density at radius 1 is 1.24 bits per heavy atom. The Balaban J connectivity index is 4.32. The van der Waals surface area contributed by atoms with E-state index in [0.29, 0.717) is 13.0 Å². The summed E-state index contributed by atoms with van der Waals surface area (Å²) in [7, 11) is -3.62. The zero-order valence-corrected chi connectivity index (χ0v) is 11.2. The molecule has 3 nitrogen and oxygen atoms in total. The molecule has 0 heterocycles. The summed E-state index contributed by atoms with van der Waals surface area (Å²) in [6, 6.07) is 0. The van der Waals surface area contributed by atoms with Gasteiger partial charge in [-0.05, 0) is 12.8 Å². The number of alkyl halides is 4. The molecule has 0 saturated heterocycles. The number of hydrogen-bond donors (Lipinski definition) is 0. The average Bonchev–Trinajstić information content (AvgIpc) is 2.15. The molecule has 0 aromatic heterocycles. The minimum atomic E-state index is -4.31. The van der Waals surface area contributed by atoms with Crippen molar-refractivity contribution < 1.29 is 21.6 Å². The van der Waals surface area contributed by atoms with Crippen molar-refractivity contribution >= 4 is 21.6 Å². The molecule has 0 aromatic carbocycles. The number of rotatable bonds is 8.